The van der Waals surface area contributed by atoms with E-state index in [0.717, 1.165) is 5.56 Å². The fourth-order valence-corrected chi connectivity index (χ4v) is 1.23. The number of carbonyl (C=O) groups excluding carboxylic acids is 1. The molecule has 0 radical (unpaired) electrons. The molecule has 0 aliphatic rings. The van der Waals surface area contributed by atoms with E-state index in [1.165, 1.54) is 0 Å². The maximum absolute atomic E-state index is 11.2. The highest BCUT2D eigenvalue weighted by Crippen LogP contribution is 2.10. The van der Waals surface area contributed by atoms with Gasteiger partial charge in [-0.2, -0.15) is 0 Å². The van der Waals surface area contributed by atoms with E-state index < -0.39 is 0 Å². The number of amides is 1. The summed E-state index contributed by atoms with van der Waals surface area (Å²) in [7, 11) is 0. The van der Waals surface area contributed by atoms with E-state index in [-0.39, 0.29) is 12.3 Å². The molecule has 3 nitrogen and oxygen atoms in total. The first-order chi connectivity index (χ1) is 6.72. The van der Waals surface area contributed by atoms with Crippen molar-refractivity contribution in [2.45, 2.75) is 13.3 Å². The summed E-state index contributed by atoms with van der Waals surface area (Å²) < 4.78 is 0. The van der Waals surface area contributed by atoms with Crippen molar-refractivity contribution in [1.29, 1.82) is 0 Å². The lowest BCUT2D eigenvalue weighted by atomic mass is 10.1. The molecule has 1 amide bonds. The minimum absolute atomic E-state index is 0.172. The minimum atomic E-state index is -0.172. The Labute approximate surface area is 88.0 Å². The van der Waals surface area contributed by atoms with Crippen molar-refractivity contribution in [3.8, 4) is 0 Å². The fraction of sp³-hybridized carbons (Fsp3) is 0.300. The Hall–Kier alpha value is -1.06. The van der Waals surface area contributed by atoms with Gasteiger partial charge in [-0.15, -0.1) is 0 Å². The van der Waals surface area contributed by atoms with Crippen LogP contribution in [0.15, 0.2) is 24.3 Å². The van der Waals surface area contributed by atoms with Crippen LogP contribution in [0.5, 0.6) is 0 Å². The minimum Gasteiger partial charge on any atom is -0.274 e. The normalized spacial score (nSPS) is 9.86. The number of carbonyl (C=O) groups is 1. The summed E-state index contributed by atoms with van der Waals surface area (Å²) >= 11 is 5.77. The average Bonchev–Trinajstić information content (AvgIpc) is 2.15. The molecule has 0 aliphatic heterocycles. The maximum Gasteiger partial charge on any atom is 0.247 e. The lowest BCUT2D eigenvalue weighted by Crippen LogP contribution is -2.25. The van der Waals surface area contributed by atoms with Crippen LogP contribution < -0.4 is 5.48 Å². The van der Waals surface area contributed by atoms with Crippen LogP contribution in [0.1, 0.15) is 12.5 Å². The molecule has 0 saturated heterocycles. The van der Waals surface area contributed by atoms with E-state index in [1.807, 2.05) is 12.1 Å². The molecule has 0 atom stereocenters. The largest absolute Gasteiger partial charge is 0.274 e. The first-order valence-electron chi connectivity index (χ1n) is 4.37. The Morgan fingerprint density at radius 1 is 1.57 bits per heavy atom. The molecule has 1 N–H and O–H groups in total. The second kappa shape index (κ2) is 5.62. The van der Waals surface area contributed by atoms with Gasteiger partial charge in [-0.3, -0.25) is 9.63 Å². The topological polar surface area (TPSA) is 38.3 Å². The van der Waals surface area contributed by atoms with Crippen LogP contribution in [0.3, 0.4) is 0 Å². The molecular formula is C10H12ClNO2. The van der Waals surface area contributed by atoms with Crippen molar-refractivity contribution in [1.82, 2.24) is 5.48 Å². The van der Waals surface area contributed by atoms with Crippen molar-refractivity contribution in [2.24, 2.45) is 0 Å². The second-order valence-corrected chi connectivity index (χ2v) is 3.20. The van der Waals surface area contributed by atoms with Crippen molar-refractivity contribution in [3.05, 3.63) is 34.9 Å². The Morgan fingerprint density at radius 2 is 2.36 bits per heavy atom. The standard InChI is InChI=1S/C10H12ClNO2/c1-2-14-12-10(13)7-8-4-3-5-9(11)6-8/h3-6H,2,7H2,1H3,(H,12,13). The van der Waals surface area contributed by atoms with Crippen LogP contribution in [0.2, 0.25) is 5.02 Å². The molecular weight excluding hydrogens is 202 g/mol. The highest BCUT2D eigenvalue weighted by atomic mass is 35.5. The molecule has 76 valence electrons. The van der Waals surface area contributed by atoms with Crippen molar-refractivity contribution >= 4 is 17.5 Å². The summed E-state index contributed by atoms with van der Waals surface area (Å²) in [6.07, 6.45) is 0.278. The van der Waals surface area contributed by atoms with Gasteiger partial charge >= 0.3 is 0 Å². The molecule has 1 aromatic rings. The van der Waals surface area contributed by atoms with Gasteiger partial charge in [0, 0.05) is 5.02 Å². The molecule has 0 fully saturated rings. The molecule has 0 spiro atoms. The van der Waals surface area contributed by atoms with Crippen LogP contribution >= 0.6 is 11.6 Å². The lowest BCUT2D eigenvalue weighted by molar-refractivity contribution is -0.132. The molecule has 0 heterocycles. The average molecular weight is 214 g/mol. The highest BCUT2D eigenvalue weighted by molar-refractivity contribution is 6.30. The number of benzene rings is 1. The maximum atomic E-state index is 11.2. The van der Waals surface area contributed by atoms with Gasteiger partial charge in [0.05, 0.1) is 13.0 Å². The lowest BCUT2D eigenvalue weighted by Gasteiger charge is -2.03. The van der Waals surface area contributed by atoms with Crippen LogP contribution in [0.4, 0.5) is 0 Å². The van der Waals surface area contributed by atoms with Gasteiger partial charge in [0.15, 0.2) is 0 Å². The quantitative estimate of drug-likeness (QED) is 0.777. The number of halogens is 1. The molecule has 0 aliphatic carbocycles. The van der Waals surface area contributed by atoms with E-state index in [4.69, 9.17) is 16.4 Å². The first kappa shape index (κ1) is 11.0. The fourth-order valence-electron chi connectivity index (χ4n) is 1.02. The van der Waals surface area contributed by atoms with Gasteiger partial charge in [-0.1, -0.05) is 23.7 Å². The van der Waals surface area contributed by atoms with Gasteiger partial charge in [0.25, 0.3) is 0 Å². The summed E-state index contributed by atoms with van der Waals surface area (Å²) in [6, 6.07) is 7.18. The van der Waals surface area contributed by atoms with E-state index in [9.17, 15) is 4.79 Å². The number of nitrogens with one attached hydrogen (secondary N) is 1. The zero-order valence-corrected chi connectivity index (χ0v) is 8.67. The molecule has 1 rings (SSSR count). The predicted octanol–water partition coefficient (Wildman–Crippen LogP) is 1.95. The van der Waals surface area contributed by atoms with Gasteiger partial charge in [0.1, 0.15) is 0 Å². The van der Waals surface area contributed by atoms with Crippen LogP contribution in [-0.4, -0.2) is 12.5 Å². The van der Waals surface area contributed by atoms with Crippen LogP contribution in [-0.2, 0) is 16.1 Å². The molecule has 0 aromatic heterocycles. The Morgan fingerprint density at radius 3 is 3.00 bits per heavy atom. The molecule has 1 aromatic carbocycles. The van der Waals surface area contributed by atoms with Crippen molar-refractivity contribution < 1.29 is 9.63 Å². The molecule has 14 heavy (non-hydrogen) atoms. The second-order valence-electron chi connectivity index (χ2n) is 2.76. The van der Waals surface area contributed by atoms with E-state index in [0.29, 0.717) is 11.6 Å². The summed E-state index contributed by atoms with van der Waals surface area (Å²) in [5, 5.41) is 0.631. The van der Waals surface area contributed by atoms with Crippen LogP contribution in [0.25, 0.3) is 0 Å². The zero-order chi connectivity index (χ0) is 10.4. The van der Waals surface area contributed by atoms with Gasteiger partial charge in [-0.25, -0.2) is 5.48 Å². The number of hydroxylamine groups is 1. The summed E-state index contributed by atoms with van der Waals surface area (Å²) in [5.74, 6) is -0.172. The monoisotopic (exact) mass is 213 g/mol. The Balaban J connectivity index is 2.47. The predicted molar refractivity (Wildman–Crippen MR) is 54.9 cm³/mol. The third kappa shape index (κ3) is 3.77. The SMILES string of the molecule is CCONC(=O)Cc1cccc(Cl)c1. The molecule has 0 bridgehead atoms. The summed E-state index contributed by atoms with van der Waals surface area (Å²) in [6.45, 7) is 2.26. The smallest absolute Gasteiger partial charge is 0.247 e. The number of rotatable bonds is 4. The van der Waals surface area contributed by atoms with Crippen molar-refractivity contribution in [3.63, 3.8) is 0 Å². The molecule has 0 saturated carbocycles. The summed E-state index contributed by atoms with van der Waals surface area (Å²) in [4.78, 5) is 16.0. The third-order valence-electron chi connectivity index (χ3n) is 1.58. The van der Waals surface area contributed by atoms with Crippen molar-refractivity contribution in [2.75, 3.05) is 6.61 Å². The Bertz CT molecular complexity index is 315. The third-order valence-corrected chi connectivity index (χ3v) is 1.82. The number of hydrogen-bond acceptors (Lipinski definition) is 2. The summed E-state index contributed by atoms with van der Waals surface area (Å²) in [5.41, 5.74) is 3.19. The molecule has 4 heteroatoms. The highest BCUT2D eigenvalue weighted by Gasteiger charge is 2.02. The van der Waals surface area contributed by atoms with E-state index in [2.05, 4.69) is 5.48 Å². The van der Waals surface area contributed by atoms with E-state index >= 15 is 0 Å². The molecule has 0 unspecified atom stereocenters. The first-order valence-corrected chi connectivity index (χ1v) is 4.75. The van der Waals surface area contributed by atoms with Gasteiger partial charge in [0.2, 0.25) is 5.91 Å². The Kier molecular flexibility index (Phi) is 4.43. The van der Waals surface area contributed by atoms with Gasteiger partial charge < -0.3 is 0 Å². The van der Waals surface area contributed by atoms with Crippen LogP contribution in [0, 0.1) is 0 Å². The van der Waals surface area contributed by atoms with E-state index in [1.54, 1.807) is 19.1 Å². The number of hydrogen-bond donors (Lipinski definition) is 1. The zero-order valence-electron chi connectivity index (χ0n) is 7.92. The van der Waals surface area contributed by atoms with Gasteiger partial charge in [-0.05, 0) is 24.6 Å².